The summed E-state index contributed by atoms with van der Waals surface area (Å²) in [7, 11) is 0. The summed E-state index contributed by atoms with van der Waals surface area (Å²) in [6.45, 7) is 4.20. The molecular formula is C65H58BrCl2N7O21. The van der Waals surface area contributed by atoms with Crippen molar-refractivity contribution in [1.29, 1.82) is 0 Å². The van der Waals surface area contributed by atoms with Gasteiger partial charge in [0, 0.05) is 35.2 Å². The van der Waals surface area contributed by atoms with Gasteiger partial charge in [0.05, 0.1) is 28.0 Å². The molecule has 5 aliphatic rings. The quantitative estimate of drug-likeness (QED) is 0.0652. The zero-order valence-corrected chi connectivity index (χ0v) is 53.4. The number of carboxylic acid groups (broad SMARTS) is 1. The molecule has 500 valence electrons. The van der Waals surface area contributed by atoms with E-state index in [0.717, 1.165) is 66.7 Å². The predicted octanol–water partition coefficient (Wildman–Crippen LogP) is 6.92. The number of aliphatic carboxylic acids is 1. The lowest BCUT2D eigenvalue weighted by Gasteiger charge is -2.31. The molecular weight excluding hydrogens is 1370 g/mol. The van der Waals surface area contributed by atoms with Crippen LogP contribution in [0.25, 0.3) is 11.1 Å². The second kappa shape index (κ2) is 27.7. The van der Waals surface area contributed by atoms with Gasteiger partial charge in [0.15, 0.2) is 29.0 Å². The highest BCUT2D eigenvalue weighted by molar-refractivity contribution is 9.09. The number of carbonyl (C=O) groups is 8. The number of benzene rings is 7. The Balaban J connectivity index is 1.17. The van der Waals surface area contributed by atoms with Crippen molar-refractivity contribution in [1.82, 2.24) is 37.2 Å². The van der Waals surface area contributed by atoms with Gasteiger partial charge in [-0.3, -0.25) is 28.8 Å². The number of amides is 7. The van der Waals surface area contributed by atoms with Crippen LogP contribution in [-0.4, -0.2) is 123 Å². The van der Waals surface area contributed by atoms with E-state index in [1.165, 1.54) is 48.5 Å². The lowest BCUT2D eigenvalue weighted by atomic mass is 9.89. The predicted molar refractivity (Wildman–Crippen MR) is 341 cm³/mol. The molecule has 7 amide bonds. The fourth-order valence-corrected chi connectivity index (χ4v) is 11.4. The van der Waals surface area contributed by atoms with Gasteiger partial charge in [-0.2, -0.15) is 0 Å². The van der Waals surface area contributed by atoms with Crippen molar-refractivity contribution in [3.8, 4) is 80.1 Å². The molecule has 0 saturated heterocycles. The van der Waals surface area contributed by atoms with Gasteiger partial charge in [-0.25, -0.2) is 9.59 Å². The minimum atomic E-state index is -2.23. The van der Waals surface area contributed by atoms with Crippen LogP contribution in [0.1, 0.15) is 96.0 Å². The number of rotatable bonds is 9. The fraction of sp³-hybridized carbons (Fsp3) is 0.231. The molecule has 0 aromatic heterocycles. The van der Waals surface area contributed by atoms with Crippen LogP contribution >= 0.6 is 39.1 Å². The van der Waals surface area contributed by atoms with Gasteiger partial charge in [0.1, 0.15) is 82.2 Å². The number of carboxylic acids is 1. The number of aliphatic hydroxyl groups is 2. The van der Waals surface area contributed by atoms with Crippen molar-refractivity contribution >= 4 is 86.6 Å². The van der Waals surface area contributed by atoms with E-state index in [2.05, 4.69) is 53.1 Å². The number of phenolic OH excluding ortho intramolecular Hbond substituents is 6. The van der Waals surface area contributed by atoms with Crippen LogP contribution < -0.4 is 51.4 Å². The average Bonchev–Trinajstić information content (AvgIpc) is 0.787. The van der Waals surface area contributed by atoms with Crippen LogP contribution in [0.3, 0.4) is 0 Å². The number of ether oxygens (including phenoxy) is 4. The maximum atomic E-state index is 15.9. The number of halogens is 3. The number of aliphatic hydroxyl groups excluding tert-OH is 2. The highest BCUT2D eigenvalue weighted by Crippen LogP contribution is 2.48. The van der Waals surface area contributed by atoms with Crippen LogP contribution in [0.5, 0.6) is 69.0 Å². The van der Waals surface area contributed by atoms with Crippen LogP contribution in [0.15, 0.2) is 115 Å². The average molecular weight is 1420 g/mol. The first-order chi connectivity index (χ1) is 45.4. The van der Waals surface area contributed by atoms with E-state index in [0.29, 0.717) is 5.56 Å². The van der Waals surface area contributed by atoms with Crippen molar-refractivity contribution in [3.05, 3.63) is 164 Å². The van der Waals surface area contributed by atoms with Gasteiger partial charge >= 0.3 is 12.1 Å². The van der Waals surface area contributed by atoms with Crippen molar-refractivity contribution in [2.24, 2.45) is 0 Å². The Hall–Kier alpha value is -10.7. The summed E-state index contributed by atoms with van der Waals surface area (Å²) < 4.78 is 23.9. The van der Waals surface area contributed by atoms with Gasteiger partial charge in [-0.1, -0.05) is 63.4 Å². The van der Waals surface area contributed by atoms with E-state index in [4.69, 9.17) is 42.1 Å². The van der Waals surface area contributed by atoms with Crippen molar-refractivity contribution in [3.63, 3.8) is 0 Å². The number of hydrogen-bond acceptors (Lipinski definition) is 20. The van der Waals surface area contributed by atoms with E-state index in [-0.39, 0.29) is 72.6 Å². The normalized spacial score (nSPS) is 19.8. The molecule has 28 nitrogen and oxygen atoms in total. The topological polar surface area (TPSA) is 440 Å². The van der Waals surface area contributed by atoms with Crippen molar-refractivity contribution < 1.29 is 103 Å². The molecule has 0 saturated carbocycles. The Bertz CT molecular complexity index is 4340. The zero-order chi connectivity index (χ0) is 69.4. The molecule has 0 aliphatic carbocycles. The van der Waals surface area contributed by atoms with Gasteiger partial charge in [0.2, 0.25) is 41.2 Å². The lowest BCUT2D eigenvalue weighted by Crippen LogP contribution is -2.55. The van der Waals surface area contributed by atoms with Crippen molar-refractivity contribution in [2.45, 2.75) is 81.2 Å². The summed E-state index contributed by atoms with van der Waals surface area (Å²) >= 11 is 16.8. The smallest absolute Gasteiger partial charge is 0.408 e. The molecule has 0 radical (unpaired) electrons. The lowest BCUT2D eigenvalue weighted by molar-refractivity contribution is -0.143. The monoisotopic (exact) mass is 1420 g/mol. The summed E-state index contributed by atoms with van der Waals surface area (Å²) in [5.74, 6) is -15.5. The third-order valence-electron chi connectivity index (χ3n) is 15.2. The highest BCUT2D eigenvalue weighted by atomic mass is 79.9. The van der Waals surface area contributed by atoms with Crippen LogP contribution in [0.4, 0.5) is 4.79 Å². The first-order valence-electron chi connectivity index (χ1n) is 28.9. The van der Waals surface area contributed by atoms with Gasteiger partial charge in [-0.15, -0.1) is 0 Å². The number of alkyl carbamates (subject to hydrolysis) is 1. The molecule has 7 aromatic rings. The molecule has 0 spiro atoms. The van der Waals surface area contributed by atoms with E-state index in [9.17, 15) is 69.9 Å². The molecule has 0 fully saturated rings. The molecule has 96 heavy (non-hydrogen) atoms. The Morgan fingerprint density at radius 2 is 1.23 bits per heavy atom. The SMILES string of the molecule is CC(C)(C)OC(=O)N[C@@H](CO)c1ccc(O)c(Oc2cc(O)cc([C@@H]3NC(=O)[C@H](NC(=O)CBr)Cc4ccc(c(Cl)c4)Oc4cc5cc(c4O)Oc4ccc(cc4Cl)[C@@H](O)[C@@H]4NC(=O)[C@H](NC(=O)[C@@H]5NC3=O)c3ccc(O)c(c3)-c3c(O)cc(O)cc3[C@@H](C(=O)O)NC4=O)c2)c1. The first kappa shape index (κ1) is 68.1. The maximum Gasteiger partial charge on any atom is 0.408 e. The Kier molecular flexibility index (Phi) is 19.7. The van der Waals surface area contributed by atoms with Crippen LogP contribution in [0.2, 0.25) is 10.0 Å². The molecule has 0 unspecified atom stereocenters. The molecule has 11 bridgehead atoms. The second-order valence-corrected chi connectivity index (χ2v) is 24.6. The molecule has 16 N–H and O–H groups in total. The zero-order valence-electron chi connectivity index (χ0n) is 50.3. The standard InChI is InChI=1S/C65H58BrCl2N7O21/c1-65(2,3)96-64(92)70-40(25-76)27-5-9-42(80)46(18-27)93-34-15-30(14-32(77)21-34)52-60(87)73-53-31-19-47(94-44-10-4-26(12-37(44)67)13-39(58(85)71-52)69-49(82)24-66)57(84)48(20-31)95-45-11-7-29(17-38(45)68)56(83)55-62(89)74-54(63(90)91)36-22-33(78)23-43(81)50(36)35-16-28(6-8-41(35)79)51(59(86)75-55)72-61(53)88/h4-12,14-23,39-40,51-56,76-81,83-84H,13,24-25H2,1-3H3,(H,69,82)(H,70,92)(H,71,85)(H,72,88)(H,73,87)(H,74,89)(H,75,86)(H,90,91)/t39-,40+,51-,52+,53-,54+,55+,56-/m1/s1. The molecule has 31 heteroatoms. The van der Waals surface area contributed by atoms with Crippen LogP contribution in [0, 0.1) is 0 Å². The Morgan fingerprint density at radius 3 is 1.85 bits per heavy atom. The number of carbonyl (C=O) groups excluding carboxylic acids is 7. The molecule has 12 rings (SSSR count). The number of aromatic hydroxyl groups is 6. The summed E-state index contributed by atoms with van der Waals surface area (Å²) in [4.78, 5) is 116. The second-order valence-electron chi connectivity index (χ2n) is 23.2. The number of fused-ring (bicyclic) bond motifs is 15. The van der Waals surface area contributed by atoms with E-state index >= 15 is 14.4 Å². The number of hydrogen-bond donors (Lipinski definition) is 16. The van der Waals surface area contributed by atoms with E-state index < -0.39 is 171 Å². The summed E-state index contributed by atoms with van der Waals surface area (Å²) in [6.07, 6.45) is -3.39. The number of nitrogens with one attached hydrogen (secondary N) is 7. The Morgan fingerprint density at radius 1 is 0.635 bits per heavy atom. The van der Waals surface area contributed by atoms with E-state index in [1.807, 2.05) is 0 Å². The summed E-state index contributed by atoms with van der Waals surface area (Å²) in [6, 6.07) is 7.88. The number of alkyl halides is 1. The third-order valence-corrected chi connectivity index (χ3v) is 16.3. The highest BCUT2D eigenvalue weighted by Gasteiger charge is 2.41. The van der Waals surface area contributed by atoms with Gasteiger partial charge in [0.25, 0.3) is 0 Å². The Labute approximate surface area is 561 Å². The molecule has 5 heterocycles. The van der Waals surface area contributed by atoms with Crippen molar-refractivity contribution in [2.75, 3.05) is 11.9 Å². The molecule has 8 atom stereocenters. The number of phenols is 6. The summed E-state index contributed by atoms with van der Waals surface area (Å²) in [5, 5.41) is 118. The van der Waals surface area contributed by atoms with Gasteiger partial charge < -0.3 is 102 Å². The fourth-order valence-electron chi connectivity index (χ4n) is 10.8. The molecule has 5 aliphatic heterocycles. The third kappa shape index (κ3) is 14.9. The van der Waals surface area contributed by atoms with Gasteiger partial charge in [-0.05, 0) is 133 Å². The maximum absolute atomic E-state index is 15.9. The van der Waals surface area contributed by atoms with Crippen LogP contribution in [-0.2, 0) is 44.7 Å². The minimum Gasteiger partial charge on any atom is -0.508 e. The molecule has 7 aromatic carbocycles. The first-order valence-corrected chi connectivity index (χ1v) is 30.8. The van der Waals surface area contributed by atoms with E-state index in [1.54, 1.807) is 20.8 Å². The minimum absolute atomic E-state index is 0.139. The summed E-state index contributed by atoms with van der Waals surface area (Å²) in [5.41, 5.74) is -3.14. The largest absolute Gasteiger partial charge is 0.508 e.